The minimum Gasteiger partial charge on any atom is -0.458 e. The van der Waals surface area contributed by atoms with Gasteiger partial charge in [0.05, 0.1) is 66.6 Å². The van der Waals surface area contributed by atoms with Gasteiger partial charge in [0.2, 0.25) is 0 Å². The van der Waals surface area contributed by atoms with Crippen LogP contribution in [0.3, 0.4) is 0 Å². The minimum atomic E-state index is -1.69. The van der Waals surface area contributed by atoms with E-state index in [2.05, 4.69) is 13.0 Å². The predicted molar refractivity (Wildman–Crippen MR) is 308 cm³/mol. The number of esters is 2. The van der Waals surface area contributed by atoms with Crippen molar-refractivity contribution >= 4 is 17.7 Å². The molecule has 5 heterocycles. The number of hydrogen-bond donors (Lipinski definition) is 2. The van der Waals surface area contributed by atoms with Crippen LogP contribution in [0.4, 0.5) is 0 Å². The Hall–Kier alpha value is -3.11. The molecule has 1 aromatic carbocycles. The van der Waals surface area contributed by atoms with Crippen LogP contribution in [0.2, 0.25) is 0 Å². The second kappa shape index (κ2) is 27.2. The number of carbonyl (C=O) groups is 3. The molecule has 3 saturated carbocycles. The van der Waals surface area contributed by atoms with Crippen LogP contribution >= 0.6 is 0 Å². The number of aliphatic hydroxyl groups is 2. The fraction of sp³-hybridized carbons (Fsp3) is 0.831. The average Bonchev–Trinajstić information content (AvgIpc) is 1.65. The highest BCUT2D eigenvalue weighted by Crippen LogP contribution is 2.70. The Labute approximate surface area is 512 Å². The lowest BCUT2D eigenvalue weighted by atomic mass is 9.43. The van der Waals surface area contributed by atoms with Gasteiger partial charge in [-0.15, -0.1) is 0 Å². The third-order valence-corrected chi connectivity index (χ3v) is 21.7. The lowest BCUT2D eigenvalue weighted by molar-refractivity contribution is -0.352. The highest BCUT2D eigenvalue weighted by atomic mass is 16.8. The van der Waals surface area contributed by atoms with Gasteiger partial charge >= 0.3 is 11.9 Å². The third-order valence-electron chi connectivity index (χ3n) is 21.7. The third kappa shape index (κ3) is 12.9. The molecule has 8 fully saturated rings. The van der Waals surface area contributed by atoms with Crippen molar-refractivity contribution in [2.45, 2.75) is 286 Å². The van der Waals surface area contributed by atoms with E-state index in [1.54, 1.807) is 59.8 Å². The molecule has 28 atom stereocenters. The summed E-state index contributed by atoms with van der Waals surface area (Å²) in [7, 11) is 8.15. The lowest BCUT2D eigenvalue weighted by Crippen LogP contribution is -2.75. The van der Waals surface area contributed by atoms with Crippen LogP contribution in [0.1, 0.15) is 150 Å². The fourth-order valence-corrected chi connectivity index (χ4v) is 17.0. The van der Waals surface area contributed by atoms with Gasteiger partial charge in [0, 0.05) is 91.8 Å². The van der Waals surface area contributed by atoms with Gasteiger partial charge in [0.1, 0.15) is 53.6 Å². The number of ether oxygens (including phenoxy) is 17. The summed E-state index contributed by atoms with van der Waals surface area (Å²) in [5.74, 6) is -2.06. The topological polar surface area (TPSA) is 249 Å². The number of Topliss-reactive ketones (excluding diaryl/α,β-unsaturated/α-hetero) is 1. The number of hydrogen-bond acceptors (Lipinski definition) is 22. The maximum absolute atomic E-state index is 13.8. The number of rotatable bonds is 19. The van der Waals surface area contributed by atoms with Crippen LogP contribution in [0.25, 0.3) is 0 Å². The summed E-state index contributed by atoms with van der Waals surface area (Å²) >= 11 is 0. The van der Waals surface area contributed by atoms with E-state index in [1.807, 2.05) is 47.6 Å². The van der Waals surface area contributed by atoms with Crippen LogP contribution in [-0.4, -0.2) is 210 Å². The van der Waals surface area contributed by atoms with Crippen molar-refractivity contribution < 1.29 is 105 Å². The summed E-state index contributed by atoms with van der Waals surface area (Å²) < 4.78 is 107. The number of fused-ring (bicyclic) bond motifs is 5. The summed E-state index contributed by atoms with van der Waals surface area (Å²) in [6.45, 7) is 16.4. The number of ketones is 1. The summed E-state index contributed by atoms with van der Waals surface area (Å²) in [6.07, 6.45) is -4.24. The van der Waals surface area contributed by atoms with Crippen molar-refractivity contribution in [3.63, 3.8) is 0 Å². The Balaban J connectivity index is 0.712. The van der Waals surface area contributed by atoms with Gasteiger partial charge < -0.3 is 90.7 Å². The molecule has 0 aromatic heterocycles. The van der Waals surface area contributed by atoms with E-state index >= 15 is 0 Å². The Bertz CT molecular complexity index is 2540. The van der Waals surface area contributed by atoms with Gasteiger partial charge in [0.15, 0.2) is 37.6 Å². The maximum Gasteiger partial charge on any atom is 0.338 e. The second-order valence-electron chi connectivity index (χ2n) is 26.5. The largest absolute Gasteiger partial charge is 0.458 e. The summed E-state index contributed by atoms with van der Waals surface area (Å²) in [4.78, 5) is 38.8. The molecule has 2 N–H and O–H groups in total. The van der Waals surface area contributed by atoms with Crippen molar-refractivity contribution in [3.8, 4) is 0 Å². The molecule has 22 nitrogen and oxygen atoms in total. The Morgan fingerprint density at radius 2 is 0.943 bits per heavy atom. The van der Waals surface area contributed by atoms with Crippen molar-refractivity contribution in [3.05, 3.63) is 47.5 Å². The molecule has 10 rings (SSSR count). The molecule has 0 spiro atoms. The quantitative estimate of drug-likeness (QED) is 0.106. The van der Waals surface area contributed by atoms with Crippen LogP contribution in [0, 0.1) is 22.7 Å². The van der Waals surface area contributed by atoms with Gasteiger partial charge in [-0.1, -0.05) is 43.7 Å². The molecule has 5 aliphatic heterocycles. The molecule has 9 aliphatic rings. The predicted octanol–water partition coefficient (Wildman–Crippen LogP) is 6.83. The molecule has 5 saturated heterocycles. The molecule has 22 heteroatoms. The highest BCUT2D eigenvalue weighted by molar-refractivity contribution is 5.89. The van der Waals surface area contributed by atoms with E-state index in [9.17, 15) is 24.6 Å². The molecule has 0 radical (unpaired) electrons. The smallest absolute Gasteiger partial charge is 0.338 e. The Kier molecular flexibility index (Phi) is 20.9. The van der Waals surface area contributed by atoms with Crippen LogP contribution < -0.4 is 0 Å². The first kappa shape index (κ1) is 66.8. The summed E-state index contributed by atoms with van der Waals surface area (Å²) in [6, 6.07) is 8.78. The average molecular weight is 1230 g/mol. The molecular weight excluding hydrogens is 1130 g/mol. The van der Waals surface area contributed by atoms with Crippen LogP contribution in [0.5, 0.6) is 0 Å². The first-order chi connectivity index (χ1) is 41.4. The monoisotopic (exact) mass is 1230 g/mol. The van der Waals surface area contributed by atoms with Crippen LogP contribution in [0.15, 0.2) is 42.0 Å². The molecule has 0 bridgehead atoms. The van der Waals surface area contributed by atoms with Crippen molar-refractivity contribution in [2.24, 2.45) is 22.7 Å². The number of methoxy groups -OCH3 is 5. The molecule has 1 aromatic rings. The molecule has 490 valence electrons. The number of benzene rings is 1. The van der Waals surface area contributed by atoms with Gasteiger partial charge in [0.25, 0.3) is 0 Å². The second-order valence-corrected chi connectivity index (χ2v) is 26.5. The van der Waals surface area contributed by atoms with Gasteiger partial charge in [-0.2, -0.15) is 0 Å². The van der Waals surface area contributed by atoms with E-state index in [0.29, 0.717) is 69.8 Å². The maximum atomic E-state index is 13.8. The van der Waals surface area contributed by atoms with E-state index in [-0.39, 0.29) is 24.7 Å². The first-order valence-corrected chi connectivity index (χ1v) is 31.7. The van der Waals surface area contributed by atoms with Crippen molar-refractivity contribution in [1.29, 1.82) is 0 Å². The molecular formula is C65H98O22. The fourth-order valence-electron chi connectivity index (χ4n) is 17.0. The Morgan fingerprint density at radius 1 is 0.529 bits per heavy atom. The van der Waals surface area contributed by atoms with Crippen LogP contribution in [-0.2, 0) is 90.1 Å². The van der Waals surface area contributed by atoms with E-state index in [4.69, 9.17) is 80.5 Å². The van der Waals surface area contributed by atoms with E-state index < -0.39 is 175 Å². The molecule has 87 heavy (non-hydrogen) atoms. The normalized spacial score (nSPS) is 47.4. The Morgan fingerprint density at radius 3 is 1.36 bits per heavy atom. The lowest BCUT2D eigenvalue weighted by Gasteiger charge is -2.66. The molecule has 4 aliphatic carbocycles. The van der Waals surface area contributed by atoms with E-state index in [0.717, 1.165) is 5.57 Å². The van der Waals surface area contributed by atoms with Crippen molar-refractivity contribution in [1.82, 2.24) is 0 Å². The zero-order chi connectivity index (χ0) is 62.5. The highest BCUT2D eigenvalue weighted by Gasteiger charge is 2.77. The van der Waals surface area contributed by atoms with E-state index in [1.165, 1.54) is 13.8 Å². The zero-order valence-electron chi connectivity index (χ0n) is 53.4. The SMILES string of the molecule is CO[C@H]1C[C@H](O[C@H]2CC[C@@]3(C)C(=CC[C@]4(O)[C@@H]3C[C@@H](OC(=O)c3ccccc3)[C@]3(C)[C@H](C(C)=O)CC[C@@]34O)C2)O[C@H](C)[C@H]1O[C@H]1C[C@H](OC)[C@H](O[C@H]2C[C@@H](OC)[C@H](O[C@H]3C[C@@H](OC)[C@H](O[C@H]4C[C@@H](OC)[C@H](OC(C)=O)[C@@H](C)O4)[C@@H](C)O3)[C@@H](C)O2)[C@@H](C)O1. The van der Waals surface area contributed by atoms with Gasteiger partial charge in [-0.3, -0.25) is 9.59 Å². The standard InChI is InChI=1S/C65H98O22/c1-33(66)43-22-25-65(70)63(43,9)50(83-61(68)40-18-16-15-17-19-40)32-49-62(8)23-21-42(26-41(62)20-24-64(49,65)69)82-51-27-45(72-11)57(35(3)76-51)85-53-29-47(74-13)59(37(5)78-53)87-55-31-48(75-14)60(38(6)80-55)86-54-30-46(73-12)58(36(4)79-54)84-52-28-44(71-10)56(34(2)77-52)81-39(7)67/h15-20,34-38,42-60,69-70H,21-32H2,1-14H3/t34-,35-,36-,37-,38-,42+,43+,44-,45+,46-,47+,48-,49-,50-,51+,52+,53+,54+,55+,56-,57-,58-,59-,60-,62+,63+,64+,65-/m1/s1. The number of carbonyl (C=O) groups excluding carboxylic acids is 3. The molecule has 0 amide bonds. The van der Waals surface area contributed by atoms with Crippen molar-refractivity contribution in [2.75, 3.05) is 35.5 Å². The summed E-state index contributed by atoms with van der Waals surface area (Å²) in [5.41, 5.74) is -3.48. The zero-order valence-corrected chi connectivity index (χ0v) is 53.4. The first-order valence-electron chi connectivity index (χ1n) is 31.7. The summed E-state index contributed by atoms with van der Waals surface area (Å²) in [5, 5.41) is 26.0. The van der Waals surface area contributed by atoms with Gasteiger partial charge in [-0.05, 0) is 104 Å². The molecule has 0 unspecified atom stereocenters. The van der Waals surface area contributed by atoms with Gasteiger partial charge in [-0.25, -0.2) is 4.79 Å². The minimum absolute atomic E-state index is 0.0874.